The fourth-order valence-corrected chi connectivity index (χ4v) is 6.97. The van der Waals surface area contributed by atoms with Crippen LogP contribution in [0.2, 0.25) is 0 Å². The van der Waals surface area contributed by atoms with Crippen molar-refractivity contribution < 1.29 is 22.4 Å². The molecule has 0 amide bonds. The molecule has 0 aliphatic heterocycles. The van der Waals surface area contributed by atoms with Crippen molar-refractivity contribution in [1.82, 2.24) is 0 Å². The second-order valence-corrected chi connectivity index (χ2v) is 10.3. The van der Waals surface area contributed by atoms with Crippen LogP contribution in [0.5, 0.6) is 5.75 Å². The lowest BCUT2D eigenvalue weighted by molar-refractivity contribution is -0.0703. The summed E-state index contributed by atoms with van der Waals surface area (Å²) in [5.74, 6) is -0.913. The van der Waals surface area contributed by atoms with Crippen LogP contribution in [0, 0.1) is 0 Å². The monoisotopic (exact) mass is 480 g/mol. The van der Waals surface area contributed by atoms with Gasteiger partial charge in [-0.3, -0.25) is 0 Å². The summed E-state index contributed by atoms with van der Waals surface area (Å²) in [5.41, 5.74) is 0.0824. The fraction of sp³-hybridized carbons (Fsp3) is 0.0741. The summed E-state index contributed by atoms with van der Waals surface area (Å²) in [4.78, 5) is 3.92. The first kappa shape index (κ1) is 23.5. The molecule has 0 atom stereocenters. The number of methoxy groups -OCH3 is 1. The molecule has 4 rings (SSSR count). The lowest BCUT2D eigenvalue weighted by Crippen LogP contribution is -2.38. The Bertz CT molecular complexity index is 1150. The Kier molecular flexibility index (Phi) is 6.99. The van der Waals surface area contributed by atoms with E-state index in [1.807, 2.05) is 18.2 Å². The van der Waals surface area contributed by atoms with Crippen LogP contribution in [0.4, 0.5) is 18.9 Å². The molecule has 0 spiro atoms. The molecule has 0 unspecified atom stereocenters. The molecule has 0 saturated heterocycles. The number of hydrogen-bond acceptors (Lipinski definition) is 3. The molecule has 4 aromatic rings. The molecule has 3 nitrogen and oxygen atoms in total. The van der Waals surface area contributed by atoms with Crippen LogP contribution in [0.3, 0.4) is 0 Å². The minimum atomic E-state index is -4.83. The summed E-state index contributed by atoms with van der Waals surface area (Å²) >= 11 is 0. The smallest absolute Gasteiger partial charge is 0.473 e. The van der Waals surface area contributed by atoms with Gasteiger partial charge in [-0.1, -0.05) is 60.7 Å². The Labute approximate surface area is 196 Å². The van der Waals surface area contributed by atoms with Crippen molar-refractivity contribution in [2.24, 2.45) is 4.99 Å². The van der Waals surface area contributed by atoms with E-state index in [1.54, 1.807) is 84.9 Å². The molecular formula is C27H22F3NO2P+. The Morgan fingerprint density at radius 3 is 1.56 bits per heavy atom. The van der Waals surface area contributed by atoms with Crippen LogP contribution in [0.15, 0.2) is 120 Å². The highest BCUT2D eigenvalue weighted by molar-refractivity contribution is 7.92. The van der Waals surface area contributed by atoms with Gasteiger partial charge in [-0.15, -0.1) is 0 Å². The number of halogens is 3. The van der Waals surface area contributed by atoms with E-state index in [2.05, 4.69) is 4.99 Å². The van der Waals surface area contributed by atoms with Gasteiger partial charge in [0.2, 0.25) is 0 Å². The van der Waals surface area contributed by atoms with E-state index in [-0.39, 0.29) is 5.69 Å². The van der Waals surface area contributed by atoms with Gasteiger partial charge in [0.15, 0.2) is 0 Å². The molecular weight excluding hydrogens is 458 g/mol. The summed E-state index contributed by atoms with van der Waals surface area (Å²) in [7, 11) is -1.80. The highest BCUT2D eigenvalue weighted by Crippen LogP contribution is 2.57. The average molecular weight is 480 g/mol. The molecule has 7 heteroatoms. The van der Waals surface area contributed by atoms with Crippen LogP contribution < -0.4 is 20.7 Å². The first-order valence-corrected chi connectivity index (χ1v) is 12.2. The molecule has 34 heavy (non-hydrogen) atoms. The van der Waals surface area contributed by atoms with Gasteiger partial charge in [0.25, 0.3) is 7.49 Å². The van der Waals surface area contributed by atoms with Crippen LogP contribution in [0.1, 0.15) is 0 Å². The summed E-state index contributed by atoms with van der Waals surface area (Å²) in [6.07, 6.45) is -4.83. The fourth-order valence-electron chi connectivity index (χ4n) is 3.58. The average Bonchev–Trinajstić information content (AvgIpc) is 2.87. The summed E-state index contributed by atoms with van der Waals surface area (Å²) in [5, 5.41) is 1.94. The first-order valence-electron chi connectivity index (χ1n) is 10.5. The number of benzene rings is 4. The molecule has 0 aliphatic carbocycles. The minimum Gasteiger partial charge on any atom is -0.497 e. The molecule has 0 bridgehead atoms. The summed E-state index contributed by atoms with van der Waals surface area (Å²) < 4.78 is 54.5. The largest absolute Gasteiger partial charge is 0.497 e. The molecule has 0 aromatic heterocycles. The van der Waals surface area contributed by atoms with Crippen LogP contribution >= 0.6 is 7.49 Å². The lowest BCUT2D eigenvalue weighted by atomic mass is 10.3. The zero-order valence-electron chi connectivity index (χ0n) is 18.3. The van der Waals surface area contributed by atoms with Gasteiger partial charge in [0, 0.05) is 6.07 Å². The highest BCUT2D eigenvalue weighted by Gasteiger charge is 2.55. The minimum absolute atomic E-state index is 0.0824. The van der Waals surface area contributed by atoms with Crippen LogP contribution in [-0.4, -0.2) is 19.2 Å². The van der Waals surface area contributed by atoms with Crippen molar-refractivity contribution in [2.45, 2.75) is 6.18 Å². The molecule has 0 heterocycles. The Morgan fingerprint density at radius 1 is 0.676 bits per heavy atom. The van der Waals surface area contributed by atoms with Crippen LogP contribution in [-0.2, 0) is 4.52 Å². The van der Waals surface area contributed by atoms with E-state index in [4.69, 9.17) is 9.26 Å². The topological polar surface area (TPSA) is 30.8 Å². The third-order valence-electron chi connectivity index (χ3n) is 5.11. The van der Waals surface area contributed by atoms with Gasteiger partial charge in [0.1, 0.15) is 21.7 Å². The summed E-state index contributed by atoms with van der Waals surface area (Å²) in [6.45, 7) is 0. The number of aliphatic imine (C=N–C) groups is 1. The maximum absolute atomic E-state index is 14.4. The lowest BCUT2D eigenvalue weighted by Gasteiger charge is -2.27. The maximum atomic E-state index is 14.4. The van der Waals surface area contributed by atoms with Gasteiger partial charge in [-0.05, 0) is 48.5 Å². The van der Waals surface area contributed by atoms with Crippen molar-refractivity contribution in [1.29, 1.82) is 0 Å². The molecule has 0 saturated carbocycles. The van der Waals surface area contributed by atoms with Crippen molar-refractivity contribution in [3.05, 3.63) is 115 Å². The number of rotatable bonds is 6. The first-order chi connectivity index (χ1) is 16.4. The molecule has 4 aromatic carbocycles. The van der Waals surface area contributed by atoms with Gasteiger partial charge in [0.05, 0.1) is 12.8 Å². The van der Waals surface area contributed by atoms with Crippen molar-refractivity contribution in [3.63, 3.8) is 0 Å². The summed E-state index contributed by atoms with van der Waals surface area (Å²) in [6, 6.07) is 33.2. The molecule has 0 aliphatic rings. The quantitative estimate of drug-likeness (QED) is 0.187. The van der Waals surface area contributed by atoms with Gasteiger partial charge >= 0.3 is 12.1 Å². The second kappa shape index (κ2) is 10.1. The van der Waals surface area contributed by atoms with Crippen LogP contribution in [0.25, 0.3) is 0 Å². The predicted octanol–water partition coefficient (Wildman–Crippen LogP) is 6.21. The van der Waals surface area contributed by atoms with Gasteiger partial charge in [-0.2, -0.15) is 13.2 Å². The highest BCUT2D eigenvalue weighted by atomic mass is 31.2. The molecule has 172 valence electrons. The van der Waals surface area contributed by atoms with E-state index in [9.17, 15) is 13.2 Å². The Balaban J connectivity index is 1.98. The predicted molar refractivity (Wildman–Crippen MR) is 132 cm³/mol. The van der Waals surface area contributed by atoms with Crippen molar-refractivity contribution in [3.8, 4) is 5.75 Å². The molecule has 0 radical (unpaired) electrons. The van der Waals surface area contributed by atoms with Gasteiger partial charge < -0.3 is 9.26 Å². The van der Waals surface area contributed by atoms with E-state index >= 15 is 0 Å². The number of ether oxygens (including phenoxy) is 1. The SMILES string of the molecule is COc1cccc(N=C(O[P+](c2ccccc2)(c2ccccc2)c2ccccc2)C(F)(F)F)c1. The third kappa shape index (κ3) is 4.97. The zero-order valence-corrected chi connectivity index (χ0v) is 19.2. The number of nitrogens with zero attached hydrogens (tertiary/aromatic N) is 1. The third-order valence-corrected chi connectivity index (χ3v) is 8.63. The van der Waals surface area contributed by atoms with E-state index in [1.165, 1.54) is 19.2 Å². The van der Waals surface area contributed by atoms with Crippen molar-refractivity contribution in [2.75, 3.05) is 7.11 Å². The van der Waals surface area contributed by atoms with E-state index in [0.29, 0.717) is 21.7 Å². The maximum Gasteiger partial charge on any atom is 0.473 e. The standard InChI is InChI=1S/C27H22F3NO2P/c1-32-22-13-11-12-21(20-22)31-26(27(28,29)30)33-34(23-14-5-2-6-15-23,24-16-7-3-8-17-24)25-18-9-4-10-19-25/h2-20H,1H3/q+1. The molecule has 0 fully saturated rings. The van der Waals surface area contributed by atoms with E-state index in [0.717, 1.165) is 0 Å². The Morgan fingerprint density at radius 2 is 1.15 bits per heavy atom. The normalized spacial score (nSPS) is 12.3. The molecule has 0 N–H and O–H groups in total. The second-order valence-electron chi connectivity index (χ2n) is 7.32. The van der Waals surface area contributed by atoms with E-state index < -0.39 is 19.6 Å². The van der Waals surface area contributed by atoms with Crippen molar-refractivity contribution >= 4 is 35.0 Å². The zero-order chi connectivity index (χ0) is 24.0. The Hall–Kier alpha value is -3.63. The van der Waals surface area contributed by atoms with Gasteiger partial charge in [-0.25, -0.2) is 4.99 Å². The number of hydrogen-bond donors (Lipinski definition) is 0. The number of alkyl halides is 3.